The van der Waals surface area contributed by atoms with Crippen LogP contribution < -0.4 is 20.7 Å². The highest BCUT2D eigenvalue weighted by molar-refractivity contribution is 7.89. The normalized spacial score (nSPS) is 23.5. The molecule has 2 unspecified atom stereocenters. The van der Waals surface area contributed by atoms with Crippen molar-refractivity contribution in [3.63, 3.8) is 0 Å². The number of sulfonamides is 1. The number of allylic oxidation sites excluding steroid dienone is 4. The van der Waals surface area contributed by atoms with E-state index in [-0.39, 0.29) is 64.4 Å². The second-order valence-electron chi connectivity index (χ2n) is 13.7. The average molecular weight is 746 g/mol. The lowest BCUT2D eigenvalue weighted by atomic mass is 9.77. The highest BCUT2D eigenvalue weighted by Gasteiger charge is 2.61. The number of aromatic nitrogens is 1. The lowest BCUT2D eigenvalue weighted by Crippen LogP contribution is -2.53. The molecule has 1 saturated carbocycles. The number of amides is 2. The van der Waals surface area contributed by atoms with Crippen LogP contribution in [0.1, 0.15) is 53.4 Å². The van der Waals surface area contributed by atoms with Crippen molar-refractivity contribution in [3.8, 4) is 5.75 Å². The van der Waals surface area contributed by atoms with Crippen LogP contribution in [0, 0.1) is 23.0 Å². The van der Waals surface area contributed by atoms with Crippen LogP contribution in [0.3, 0.4) is 0 Å². The van der Waals surface area contributed by atoms with Crippen molar-refractivity contribution < 1.29 is 44.6 Å². The molecule has 2 aliphatic carbocycles. The summed E-state index contributed by atoms with van der Waals surface area (Å²) in [4.78, 5) is 29.4. The quantitative estimate of drug-likeness (QED) is 0.188. The Labute approximate surface area is 302 Å². The topological polar surface area (TPSA) is 130 Å². The summed E-state index contributed by atoms with van der Waals surface area (Å²) < 4.78 is 92.6. The van der Waals surface area contributed by atoms with E-state index in [1.807, 2.05) is 0 Å². The Morgan fingerprint density at radius 2 is 1.94 bits per heavy atom. The highest BCUT2D eigenvalue weighted by Crippen LogP contribution is 2.68. The number of fused-ring (bicyclic) bond motifs is 2. The first-order chi connectivity index (χ1) is 24.9. The molecule has 0 radical (unpaired) electrons. The van der Waals surface area contributed by atoms with Gasteiger partial charge in [0.2, 0.25) is 15.9 Å². The minimum atomic E-state index is -3.97. The third-order valence-corrected chi connectivity index (χ3v) is 12.4. The zero-order valence-corrected chi connectivity index (χ0v) is 28.8. The van der Waals surface area contributed by atoms with E-state index in [1.54, 1.807) is 12.1 Å². The van der Waals surface area contributed by atoms with Crippen LogP contribution in [0.25, 0.3) is 0 Å². The van der Waals surface area contributed by atoms with Gasteiger partial charge in [0.1, 0.15) is 29.0 Å². The van der Waals surface area contributed by atoms with Gasteiger partial charge < -0.3 is 20.7 Å². The van der Waals surface area contributed by atoms with Gasteiger partial charge in [0.05, 0.1) is 28.7 Å². The summed E-state index contributed by atoms with van der Waals surface area (Å²) in [6.45, 7) is 0.858. The summed E-state index contributed by atoms with van der Waals surface area (Å²) in [6, 6.07) is 9.47. The fourth-order valence-corrected chi connectivity index (χ4v) is 9.44. The molecule has 1 saturated heterocycles. The van der Waals surface area contributed by atoms with Gasteiger partial charge in [-0.2, -0.15) is 4.31 Å². The second kappa shape index (κ2) is 14.4. The van der Waals surface area contributed by atoms with E-state index in [4.69, 9.17) is 4.74 Å². The van der Waals surface area contributed by atoms with Gasteiger partial charge in [0.25, 0.3) is 5.91 Å². The second-order valence-corrected chi connectivity index (χ2v) is 15.6. The van der Waals surface area contributed by atoms with Crippen molar-refractivity contribution in [2.75, 3.05) is 36.9 Å². The fraction of sp³-hybridized carbons (Fsp3) is 0.378. The number of nitrogens with one attached hydrogen (secondary N) is 3. The fourth-order valence-electron chi connectivity index (χ4n) is 7.76. The number of rotatable bonds is 11. The average Bonchev–Trinajstić information content (AvgIpc) is 3.88. The maximum absolute atomic E-state index is 15.3. The van der Waals surface area contributed by atoms with Gasteiger partial charge in [-0.05, 0) is 85.4 Å². The Morgan fingerprint density at radius 3 is 2.75 bits per heavy atom. The lowest BCUT2D eigenvalue weighted by Gasteiger charge is -2.35. The lowest BCUT2D eigenvalue weighted by molar-refractivity contribution is -0.119. The molecule has 3 heterocycles. The van der Waals surface area contributed by atoms with Gasteiger partial charge in [0, 0.05) is 53.9 Å². The summed E-state index contributed by atoms with van der Waals surface area (Å²) in [7, 11) is -3.97. The molecule has 4 atom stereocenters. The minimum Gasteiger partial charge on any atom is -0.482 e. The molecule has 15 heteroatoms. The highest BCUT2D eigenvalue weighted by atomic mass is 32.2. The zero-order chi connectivity index (χ0) is 36.6. The third-order valence-electron chi connectivity index (χ3n) is 10.5. The van der Waals surface area contributed by atoms with E-state index in [1.165, 1.54) is 46.9 Å². The summed E-state index contributed by atoms with van der Waals surface area (Å²) in [5, 5.41) is 8.63. The molecule has 1 aromatic heterocycles. The van der Waals surface area contributed by atoms with Crippen LogP contribution in [0.5, 0.6) is 5.75 Å². The minimum absolute atomic E-state index is 0. The van der Waals surface area contributed by atoms with Gasteiger partial charge in [-0.3, -0.25) is 14.6 Å². The van der Waals surface area contributed by atoms with Gasteiger partial charge >= 0.3 is 0 Å². The Hall–Kier alpha value is -4.60. The molecule has 7 rings (SSSR count). The van der Waals surface area contributed by atoms with Crippen molar-refractivity contribution in [2.24, 2.45) is 11.3 Å². The molecule has 10 nitrogen and oxygen atoms in total. The van der Waals surface area contributed by atoms with Crippen molar-refractivity contribution in [1.82, 2.24) is 14.6 Å². The predicted molar refractivity (Wildman–Crippen MR) is 191 cm³/mol. The van der Waals surface area contributed by atoms with Crippen molar-refractivity contribution in [1.29, 1.82) is 0 Å². The van der Waals surface area contributed by atoms with E-state index in [0.29, 0.717) is 43.7 Å². The molecule has 0 spiro atoms. The van der Waals surface area contributed by atoms with Crippen LogP contribution in [-0.2, 0) is 26.0 Å². The first kappa shape index (κ1) is 35.8. The number of carbonyl (C=O) groups excluding carboxylic acids is 2. The first-order valence-electron chi connectivity index (χ1n) is 17.1. The van der Waals surface area contributed by atoms with E-state index in [2.05, 4.69) is 20.9 Å². The van der Waals surface area contributed by atoms with Gasteiger partial charge in [-0.25, -0.2) is 26.0 Å². The molecule has 2 aliphatic heterocycles. The number of hydrogen-bond acceptors (Lipinski definition) is 7. The smallest absolute Gasteiger partial charge is 0.262 e. The molecule has 2 fully saturated rings. The maximum atomic E-state index is 15.3. The summed E-state index contributed by atoms with van der Waals surface area (Å²) in [6.07, 6.45) is 5.87. The summed E-state index contributed by atoms with van der Waals surface area (Å²) in [5.41, 5.74) is 0.440. The molecule has 52 heavy (non-hydrogen) atoms. The first-order valence-corrected chi connectivity index (χ1v) is 18.6. The largest absolute Gasteiger partial charge is 0.482 e. The van der Waals surface area contributed by atoms with Crippen LogP contribution in [-0.4, -0.2) is 61.8 Å². The summed E-state index contributed by atoms with van der Waals surface area (Å²) >= 11 is 0. The van der Waals surface area contributed by atoms with Crippen molar-refractivity contribution in [2.45, 2.75) is 55.4 Å². The molecule has 2 amide bonds. The number of halogens is 4. The molecular formula is C37H43F4N5O5S. The predicted octanol–water partition coefficient (Wildman–Crippen LogP) is 6.64. The SMILES string of the molecule is O=C1COc2ccc(S(=O)(=O)N3CCNC[C@@H]3CCCc3c(F)cncc3NC(=O)C[C@@H](c3ccc(F)cc3)C34CC=C(F)C=C(F)C3C4)cc2N1.[HH].[HH].[HH]. The van der Waals surface area contributed by atoms with Crippen LogP contribution in [0.4, 0.5) is 28.9 Å². The van der Waals surface area contributed by atoms with Crippen molar-refractivity contribution >= 4 is 33.2 Å². The number of pyridine rings is 1. The molecule has 3 N–H and O–H groups in total. The van der Waals surface area contributed by atoms with Crippen LogP contribution in [0.2, 0.25) is 0 Å². The van der Waals surface area contributed by atoms with E-state index in [9.17, 15) is 31.2 Å². The van der Waals surface area contributed by atoms with Crippen LogP contribution in [0.15, 0.2) is 83.6 Å². The van der Waals surface area contributed by atoms with Gasteiger partial charge in [-0.15, -0.1) is 0 Å². The number of carbonyl (C=O) groups is 2. The Morgan fingerprint density at radius 1 is 1.13 bits per heavy atom. The molecule has 3 aromatic rings. The van der Waals surface area contributed by atoms with Gasteiger partial charge in [0.15, 0.2) is 6.61 Å². The maximum Gasteiger partial charge on any atom is 0.262 e. The standard InChI is InChI=1S/C37H37F4N5O5S.3H2/c38-23-6-4-22(5-7-23)28(37-11-10-24(39)14-30(40)29(37)17-37)16-35(47)45-33-20-43-19-31(41)27(33)3-1-2-25-18-42-12-13-46(25)52(49,50)26-8-9-34-32(15-26)44-36(48)21-51-34;;;/h4-10,14-15,19-20,25,28-29,42H,1-3,11-13,16-18,21H2,(H,44,48)(H,45,47);3*1H/t25-,28-,29?,37?;;;/m0.../s1. The van der Waals surface area contributed by atoms with E-state index in [0.717, 1.165) is 12.3 Å². The number of hydrogen-bond donors (Lipinski definition) is 3. The van der Waals surface area contributed by atoms with E-state index < -0.39 is 62.5 Å². The zero-order valence-electron chi connectivity index (χ0n) is 28.0. The Balaban J connectivity index is 0.00000224. The number of ether oxygens (including phenoxy) is 1. The molecule has 0 bridgehead atoms. The molecule has 2 aromatic carbocycles. The number of benzene rings is 2. The Bertz CT molecular complexity index is 2080. The number of piperazine rings is 1. The van der Waals surface area contributed by atoms with Gasteiger partial charge in [-0.1, -0.05) is 12.1 Å². The number of anilines is 2. The third kappa shape index (κ3) is 7.21. The molecular weight excluding hydrogens is 702 g/mol. The molecule has 280 valence electrons. The van der Waals surface area contributed by atoms with Crippen molar-refractivity contribution in [3.05, 3.63) is 101 Å². The monoisotopic (exact) mass is 745 g/mol. The summed E-state index contributed by atoms with van der Waals surface area (Å²) in [5.74, 6) is -4.08. The number of nitrogens with zero attached hydrogens (tertiary/aromatic N) is 2. The Kier molecular flexibility index (Phi) is 9.93. The van der Waals surface area contributed by atoms with Crippen LogP contribution >= 0.6 is 0 Å². The van der Waals surface area contributed by atoms with E-state index >= 15 is 4.39 Å². The molecule has 4 aliphatic rings.